The fourth-order valence-electron chi connectivity index (χ4n) is 1.44. The van der Waals surface area contributed by atoms with E-state index >= 15 is 0 Å². The van der Waals surface area contributed by atoms with Crippen LogP contribution in [0.2, 0.25) is 0 Å². The smallest absolute Gasteiger partial charge is 0.222 e. The molecule has 0 radical (unpaired) electrons. The first-order valence-corrected chi connectivity index (χ1v) is 6.35. The van der Waals surface area contributed by atoms with Crippen molar-refractivity contribution < 1.29 is 0 Å². The van der Waals surface area contributed by atoms with Crippen molar-refractivity contribution >= 4 is 22.4 Å². The molecule has 0 saturated carbocycles. The Bertz CT molecular complexity index is 482. The van der Waals surface area contributed by atoms with Gasteiger partial charge in [-0.1, -0.05) is 0 Å². The highest BCUT2D eigenvalue weighted by Crippen LogP contribution is 2.12. The molecule has 0 spiro atoms. The van der Waals surface area contributed by atoms with E-state index in [1.54, 1.807) is 6.20 Å². The van der Waals surface area contributed by atoms with Crippen molar-refractivity contribution in [3.05, 3.63) is 29.0 Å². The molecule has 0 saturated heterocycles. The number of nitrogens with two attached hydrogens (primary N) is 1. The third kappa shape index (κ3) is 3.67. The molecule has 0 fully saturated rings. The average molecular weight is 249 g/mol. The molecule has 0 bridgehead atoms. The highest BCUT2D eigenvalue weighted by molar-refractivity contribution is 7.13. The third-order valence-electron chi connectivity index (χ3n) is 2.26. The summed E-state index contributed by atoms with van der Waals surface area (Å²) in [7, 11) is 0. The second-order valence-electron chi connectivity index (χ2n) is 3.73. The largest absolute Gasteiger partial charge is 0.375 e. The van der Waals surface area contributed by atoms with E-state index in [0.717, 1.165) is 30.8 Å². The number of nitrogens with one attached hydrogen (secondary N) is 1. The summed E-state index contributed by atoms with van der Waals surface area (Å²) in [6, 6.07) is 1.88. The fraction of sp³-hybridized carbons (Fsp3) is 0.364. The van der Waals surface area contributed by atoms with Gasteiger partial charge in [0.25, 0.3) is 0 Å². The Morgan fingerprint density at radius 3 is 3.00 bits per heavy atom. The lowest BCUT2D eigenvalue weighted by atomic mass is 10.2. The molecule has 0 aliphatic heterocycles. The molecular formula is C11H15N5S. The molecule has 2 aromatic rings. The number of aryl methyl sites for hydroxylation is 2. The van der Waals surface area contributed by atoms with Crippen molar-refractivity contribution in [1.29, 1.82) is 0 Å². The van der Waals surface area contributed by atoms with Crippen LogP contribution in [0.4, 0.5) is 11.1 Å². The molecule has 5 nitrogen and oxygen atoms in total. The molecule has 0 atom stereocenters. The van der Waals surface area contributed by atoms with Crippen LogP contribution in [0, 0.1) is 6.92 Å². The second-order valence-corrected chi connectivity index (χ2v) is 4.62. The summed E-state index contributed by atoms with van der Waals surface area (Å²) in [6.45, 7) is 2.78. The molecule has 6 heteroatoms. The predicted octanol–water partition coefficient (Wildman–Crippen LogP) is 1.87. The van der Waals surface area contributed by atoms with E-state index in [2.05, 4.69) is 20.3 Å². The van der Waals surface area contributed by atoms with Crippen LogP contribution in [0.3, 0.4) is 0 Å². The van der Waals surface area contributed by atoms with Gasteiger partial charge in [0.15, 0.2) is 5.13 Å². The molecule has 0 amide bonds. The monoisotopic (exact) mass is 249 g/mol. The van der Waals surface area contributed by atoms with Crippen molar-refractivity contribution in [1.82, 2.24) is 15.0 Å². The van der Waals surface area contributed by atoms with Crippen LogP contribution in [0.15, 0.2) is 17.6 Å². The van der Waals surface area contributed by atoms with Crippen molar-refractivity contribution in [2.45, 2.75) is 19.8 Å². The summed E-state index contributed by atoms with van der Waals surface area (Å²) in [5, 5.41) is 5.82. The number of rotatable bonds is 5. The topological polar surface area (TPSA) is 76.7 Å². The van der Waals surface area contributed by atoms with Gasteiger partial charge >= 0.3 is 0 Å². The summed E-state index contributed by atoms with van der Waals surface area (Å²) < 4.78 is 0. The Labute approximate surface area is 104 Å². The highest BCUT2D eigenvalue weighted by atomic mass is 32.1. The molecule has 0 unspecified atom stereocenters. The number of hydrogen-bond acceptors (Lipinski definition) is 6. The van der Waals surface area contributed by atoms with Gasteiger partial charge in [-0.05, 0) is 25.8 Å². The Morgan fingerprint density at radius 1 is 1.41 bits per heavy atom. The first-order chi connectivity index (χ1) is 8.24. The zero-order valence-electron chi connectivity index (χ0n) is 9.68. The van der Waals surface area contributed by atoms with Gasteiger partial charge in [-0.2, -0.15) is 0 Å². The van der Waals surface area contributed by atoms with Crippen LogP contribution in [0.5, 0.6) is 0 Å². The maximum absolute atomic E-state index is 5.56. The summed E-state index contributed by atoms with van der Waals surface area (Å²) in [5.41, 5.74) is 7.58. The molecular weight excluding hydrogens is 234 g/mol. The maximum Gasteiger partial charge on any atom is 0.222 e. The third-order valence-corrected chi connectivity index (χ3v) is 2.98. The number of hydrogen-bond donors (Lipinski definition) is 2. The van der Waals surface area contributed by atoms with E-state index < -0.39 is 0 Å². The van der Waals surface area contributed by atoms with Gasteiger partial charge in [-0.25, -0.2) is 15.0 Å². The Hall–Kier alpha value is -1.69. The van der Waals surface area contributed by atoms with Gasteiger partial charge in [0.05, 0.1) is 5.69 Å². The molecule has 17 heavy (non-hydrogen) atoms. The molecule has 3 N–H and O–H groups in total. The van der Waals surface area contributed by atoms with E-state index in [1.165, 1.54) is 11.3 Å². The quantitative estimate of drug-likeness (QED) is 0.791. The van der Waals surface area contributed by atoms with Gasteiger partial charge in [0, 0.05) is 23.8 Å². The van der Waals surface area contributed by atoms with Crippen molar-refractivity contribution in [3.8, 4) is 0 Å². The number of nitrogen functional groups attached to an aromatic ring is 1. The van der Waals surface area contributed by atoms with E-state index in [0.29, 0.717) is 11.1 Å². The Morgan fingerprint density at radius 2 is 2.29 bits per heavy atom. The van der Waals surface area contributed by atoms with Gasteiger partial charge in [0.1, 0.15) is 0 Å². The minimum Gasteiger partial charge on any atom is -0.375 e. The molecule has 0 aliphatic rings. The Kier molecular flexibility index (Phi) is 3.87. The lowest BCUT2D eigenvalue weighted by Gasteiger charge is -2.03. The van der Waals surface area contributed by atoms with Gasteiger partial charge in [-0.15, -0.1) is 11.3 Å². The van der Waals surface area contributed by atoms with Crippen LogP contribution in [0.1, 0.15) is 17.8 Å². The maximum atomic E-state index is 5.56. The van der Waals surface area contributed by atoms with Crippen molar-refractivity contribution in [3.63, 3.8) is 0 Å². The Balaban J connectivity index is 1.73. The normalized spacial score (nSPS) is 10.4. The highest BCUT2D eigenvalue weighted by Gasteiger charge is 1.99. The number of nitrogens with zero attached hydrogens (tertiary/aromatic N) is 3. The lowest BCUT2D eigenvalue weighted by molar-refractivity contribution is 0.834. The first-order valence-electron chi connectivity index (χ1n) is 5.47. The van der Waals surface area contributed by atoms with Gasteiger partial charge in [-0.3, -0.25) is 0 Å². The standard InChI is InChI=1S/C11H15N5S/c1-8-4-6-14-11(15-8)13-5-2-3-9-7-17-10(12)16-9/h4,6-7H,2-3,5H2,1H3,(H2,12,16)(H,13,14,15). The van der Waals surface area contributed by atoms with Gasteiger partial charge < -0.3 is 11.1 Å². The molecule has 2 aromatic heterocycles. The lowest BCUT2D eigenvalue weighted by Crippen LogP contribution is -2.06. The van der Waals surface area contributed by atoms with Crippen LogP contribution in [0.25, 0.3) is 0 Å². The van der Waals surface area contributed by atoms with Gasteiger partial charge in [0.2, 0.25) is 5.95 Å². The van der Waals surface area contributed by atoms with Crippen LogP contribution < -0.4 is 11.1 Å². The van der Waals surface area contributed by atoms with E-state index in [1.807, 2.05) is 18.4 Å². The zero-order chi connectivity index (χ0) is 12.1. The molecule has 0 aromatic carbocycles. The van der Waals surface area contributed by atoms with Crippen LogP contribution in [-0.4, -0.2) is 21.5 Å². The van der Waals surface area contributed by atoms with Crippen LogP contribution >= 0.6 is 11.3 Å². The summed E-state index contributed by atoms with van der Waals surface area (Å²) in [5.74, 6) is 0.683. The fourth-order valence-corrected chi connectivity index (χ4v) is 2.04. The van der Waals surface area contributed by atoms with Crippen molar-refractivity contribution in [2.75, 3.05) is 17.6 Å². The molecule has 2 heterocycles. The van der Waals surface area contributed by atoms with Crippen molar-refractivity contribution in [2.24, 2.45) is 0 Å². The summed E-state index contributed by atoms with van der Waals surface area (Å²) >= 11 is 1.48. The summed E-state index contributed by atoms with van der Waals surface area (Å²) in [4.78, 5) is 12.6. The first kappa shape index (κ1) is 11.8. The number of aromatic nitrogens is 3. The predicted molar refractivity (Wildman–Crippen MR) is 70.1 cm³/mol. The molecule has 0 aliphatic carbocycles. The minimum atomic E-state index is 0.634. The molecule has 2 rings (SSSR count). The molecule has 90 valence electrons. The minimum absolute atomic E-state index is 0.634. The van der Waals surface area contributed by atoms with E-state index in [9.17, 15) is 0 Å². The van der Waals surface area contributed by atoms with E-state index in [4.69, 9.17) is 5.73 Å². The summed E-state index contributed by atoms with van der Waals surface area (Å²) in [6.07, 6.45) is 3.67. The number of thiazole rings is 1. The van der Waals surface area contributed by atoms with E-state index in [-0.39, 0.29) is 0 Å². The number of anilines is 2. The second kappa shape index (κ2) is 5.58. The average Bonchev–Trinajstić information content (AvgIpc) is 2.71. The van der Waals surface area contributed by atoms with Crippen LogP contribution in [-0.2, 0) is 6.42 Å². The zero-order valence-corrected chi connectivity index (χ0v) is 10.5. The SMILES string of the molecule is Cc1ccnc(NCCCc2csc(N)n2)n1.